The minimum absolute atomic E-state index is 0.165. The average molecular weight is 237 g/mol. The highest BCUT2D eigenvalue weighted by Gasteiger charge is 2.15. The van der Waals surface area contributed by atoms with Crippen LogP contribution in [0.4, 0.5) is 8.78 Å². The van der Waals surface area contributed by atoms with E-state index in [-0.39, 0.29) is 5.56 Å². The average Bonchev–Trinajstić information content (AvgIpc) is 2.68. The summed E-state index contributed by atoms with van der Waals surface area (Å²) in [5, 5.41) is 4.15. The van der Waals surface area contributed by atoms with Crippen molar-refractivity contribution in [2.24, 2.45) is 5.73 Å². The number of nitrogens with zero attached hydrogens (tertiary/aromatic N) is 2. The van der Waals surface area contributed by atoms with Gasteiger partial charge in [-0.2, -0.15) is 5.10 Å². The molecule has 1 aromatic heterocycles. The third-order valence-corrected chi connectivity index (χ3v) is 2.54. The van der Waals surface area contributed by atoms with E-state index in [1.54, 1.807) is 10.9 Å². The van der Waals surface area contributed by atoms with Crippen molar-refractivity contribution in [3.8, 4) is 0 Å². The van der Waals surface area contributed by atoms with Gasteiger partial charge in [-0.05, 0) is 19.1 Å². The quantitative estimate of drug-likeness (QED) is 0.889. The third-order valence-electron chi connectivity index (χ3n) is 2.54. The van der Waals surface area contributed by atoms with Gasteiger partial charge in [-0.25, -0.2) is 8.78 Å². The summed E-state index contributed by atoms with van der Waals surface area (Å²) in [6, 6.07) is 5.21. The van der Waals surface area contributed by atoms with Gasteiger partial charge in [-0.15, -0.1) is 0 Å². The normalized spacial score (nSPS) is 12.7. The zero-order valence-electron chi connectivity index (χ0n) is 9.40. The lowest BCUT2D eigenvalue weighted by molar-refractivity contribution is 0.464. The highest BCUT2D eigenvalue weighted by atomic mass is 19.2. The van der Waals surface area contributed by atoms with E-state index in [1.165, 1.54) is 12.1 Å². The molecule has 90 valence electrons. The predicted octanol–water partition coefficient (Wildman–Crippen LogP) is 2.17. The molecular formula is C12H13F2N3. The zero-order valence-corrected chi connectivity index (χ0v) is 9.40. The molecule has 5 heteroatoms. The highest BCUT2D eigenvalue weighted by Crippen LogP contribution is 2.18. The van der Waals surface area contributed by atoms with Crippen molar-refractivity contribution in [3.63, 3.8) is 0 Å². The molecule has 0 spiro atoms. The van der Waals surface area contributed by atoms with Gasteiger partial charge >= 0.3 is 0 Å². The summed E-state index contributed by atoms with van der Waals surface area (Å²) in [4.78, 5) is 0. The fraction of sp³-hybridized carbons (Fsp3) is 0.250. The van der Waals surface area contributed by atoms with Crippen LogP contribution in [0.3, 0.4) is 0 Å². The Balaban J connectivity index is 2.20. The molecule has 0 saturated carbocycles. The number of rotatable bonds is 3. The highest BCUT2D eigenvalue weighted by molar-refractivity contribution is 5.22. The number of hydrogen-bond donors (Lipinski definition) is 1. The van der Waals surface area contributed by atoms with Gasteiger partial charge in [0.2, 0.25) is 0 Å². The Morgan fingerprint density at radius 3 is 2.76 bits per heavy atom. The molecule has 0 aliphatic heterocycles. The van der Waals surface area contributed by atoms with Crippen molar-refractivity contribution >= 4 is 0 Å². The van der Waals surface area contributed by atoms with Gasteiger partial charge < -0.3 is 5.73 Å². The Hall–Kier alpha value is -1.75. The largest absolute Gasteiger partial charge is 0.322 e. The van der Waals surface area contributed by atoms with Gasteiger partial charge in [-0.1, -0.05) is 12.1 Å². The van der Waals surface area contributed by atoms with E-state index in [4.69, 9.17) is 5.73 Å². The maximum atomic E-state index is 13.5. The van der Waals surface area contributed by atoms with Crippen molar-refractivity contribution in [3.05, 3.63) is 53.4 Å². The molecule has 1 heterocycles. The molecule has 0 radical (unpaired) electrons. The number of halogens is 2. The van der Waals surface area contributed by atoms with Gasteiger partial charge in [0.1, 0.15) is 0 Å². The molecule has 0 saturated heterocycles. The first-order valence-corrected chi connectivity index (χ1v) is 5.27. The van der Waals surface area contributed by atoms with Crippen LogP contribution in [0.15, 0.2) is 30.5 Å². The van der Waals surface area contributed by atoms with Crippen molar-refractivity contribution < 1.29 is 8.78 Å². The van der Waals surface area contributed by atoms with E-state index in [0.29, 0.717) is 6.54 Å². The predicted molar refractivity (Wildman–Crippen MR) is 60.3 cm³/mol. The lowest BCUT2D eigenvalue weighted by atomic mass is 10.1. The molecule has 1 unspecified atom stereocenters. The lowest BCUT2D eigenvalue weighted by Gasteiger charge is -2.13. The summed E-state index contributed by atoms with van der Waals surface area (Å²) in [7, 11) is 0. The minimum atomic E-state index is -0.885. The topological polar surface area (TPSA) is 43.8 Å². The molecule has 1 atom stereocenters. The molecule has 0 aliphatic rings. The molecule has 2 rings (SSSR count). The van der Waals surface area contributed by atoms with Crippen molar-refractivity contribution in [1.29, 1.82) is 0 Å². The zero-order chi connectivity index (χ0) is 12.4. The Morgan fingerprint density at radius 1 is 1.35 bits per heavy atom. The van der Waals surface area contributed by atoms with Gasteiger partial charge in [-0.3, -0.25) is 4.68 Å². The minimum Gasteiger partial charge on any atom is -0.322 e. The summed E-state index contributed by atoms with van der Waals surface area (Å²) in [6.07, 6.45) is 1.76. The molecule has 0 amide bonds. The Bertz CT molecular complexity index is 522. The lowest BCUT2D eigenvalue weighted by Crippen LogP contribution is -2.19. The van der Waals surface area contributed by atoms with E-state index < -0.39 is 17.7 Å². The van der Waals surface area contributed by atoms with Crippen LogP contribution in [0.1, 0.15) is 17.3 Å². The van der Waals surface area contributed by atoms with Crippen LogP contribution in [-0.2, 0) is 6.54 Å². The molecule has 0 fully saturated rings. The SMILES string of the molecule is Cc1ccn(CC(N)c2cccc(F)c2F)n1. The maximum absolute atomic E-state index is 13.5. The Morgan fingerprint density at radius 2 is 2.12 bits per heavy atom. The summed E-state index contributed by atoms with van der Waals surface area (Å²) < 4.78 is 28.1. The van der Waals surface area contributed by atoms with Gasteiger partial charge in [0, 0.05) is 11.8 Å². The second kappa shape index (κ2) is 4.63. The molecule has 0 aliphatic carbocycles. The second-order valence-electron chi connectivity index (χ2n) is 3.93. The van der Waals surface area contributed by atoms with E-state index in [2.05, 4.69) is 5.10 Å². The van der Waals surface area contributed by atoms with E-state index in [9.17, 15) is 8.78 Å². The molecule has 1 aromatic carbocycles. The molecule has 3 nitrogen and oxygen atoms in total. The van der Waals surface area contributed by atoms with Crippen LogP contribution in [0.25, 0.3) is 0 Å². The van der Waals surface area contributed by atoms with Gasteiger partial charge in [0.15, 0.2) is 11.6 Å². The van der Waals surface area contributed by atoms with Crippen LogP contribution in [0.2, 0.25) is 0 Å². The smallest absolute Gasteiger partial charge is 0.163 e. The molecular weight excluding hydrogens is 224 g/mol. The second-order valence-corrected chi connectivity index (χ2v) is 3.93. The summed E-state index contributed by atoms with van der Waals surface area (Å²) in [5.41, 5.74) is 6.86. The fourth-order valence-corrected chi connectivity index (χ4v) is 1.67. The van der Waals surface area contributed by atoms with E-state index >= 15 is 0 Å². The number of aromatic nitrogens is 2. The molecule has 0 bridgehead atoms. The summed E-state index contributed by atoms with van der Waals surface area (Å²) >= 11 is 0. The number of hydrogen-bond acceptors (Lipinski definition) is 2. The van der Waals surface area contributed by atoms with Crippen LogP contribution in [0.5, 0.6) is 0 Å². The summed E-state index contributed by atoms with van der Waals surface area (Å²) in [5.74, 6) is -1.77. The Labute approximate surface area is 97.9 Å². The van der Waals surface area contributed by atoms with Crippen LogP contribution in [0, 0.1) is 18.6 Å². The van der Waals surface area contributed by atoms with Crippen LogP contribution < -0.4 is 5.73 Å². The van der Waals surface area contributed by atoms with Crippen LogP contribution >= 0.6 is 0 Å². The number of nitrogens with two attached hydrogens (primary N) is 1. The standard InChI is InChI=1S/C12H13F2N3/c1-8-5-6-17(16-8)7-11(15)9-3-2-4-10(13)12(9)14/h2-6,11H,7,15H2,1H3. The monoisotopic (exact) mass is 237 g/mol. The molecule has 2 aromatic rings. The third kappa shape index (κ3) is 2.50. The first kappa shape index (κ1) is 11.7. The molecule has 17 heavy (non-hydrogen) atoms. The summed E-state index contributed by atoms with van der Waals surface area (Å²) in [6.45, 7) is 2.17. The number of benzene rings is 1. The van der Waals surface area contributed by atoms with Crippen molar-refractivity contribution in [1.82, 2.24) is 9.78 Å². The maximum Gasteiger partial charge on any atom is 0.163 e. The van der Waals surface area contributed by atoms with Gasteiger partial charge in [0.25, 0.3) is 0 Å². The first-order chi connectivity index (χ1) is 8.08. The number of aryl methyl sites for hydroxylation is 1. The fourth-order valence-electron chi connectivity index (χ4n) is 1.67. The van der Waals surface area contributed by atoms with Gasteiger partial charge in [0.05, 0.1) is 18.3 Å². The molecule has 2 N–H and O–H groups in total. The van der Waals surface area contributed by atoms with E-state index in [0.717, 1.165) is 11.8 Å². The Kier molecular flexibility index (Phi) is 3.19. The van der Waals surface area contributed by atoms with Crippen molar-refractivity contribution in [2.45, 2.75) is 19.5 Å². The van der Waals surface area contributed by atoms with E-state index in [1.807, 2.05) is 13.0 Å². The first-order valence-electron chi connectivity index (χ1n) is 5.27. The van der Waals surface area contributed by atoms with Crippen LogP contribution in [-0.4, -0.2) is 9.78 Å². The van der Waals surface area contributed by atoms with Crippen molar-refractivity contribution in [2.75, 3.05) is 0 Å².